The van der Waals surface area contributed by atoms with E-state index in [4.69, 9.17) is 0 Å². The first-order chi connectivity index (χ1) is 7.66. The van der Waals surface area contributed by atoms with Gasteiger partial charge in [0.1, 0.15) is 0 Å². The zero-order chi connectivity index (χ0) is 11.5. The first kappa shape index (κ1) is 11.5. The number of hydrogen-bond acceptors (Lipinski definition) is 1. The van der Waals surface area contributed by atoms with Gasteiger partial charge in [-0.25, -0.2) is 8.78 Å². The fourth-order valence-electron chi connectivity index (χ4n) is 2.34. The molecule has 1 fully saturated rings. The maximum Gasteiger partial charge on any atom is 0.250 e. The van der Waals surface area contributed by atoms with E-state index < -0.39 is 6.43 Å². The molecule has 1 aliphatic carbocycles. The van der Waals surface area contributed by atoms with Gasteiger partial charge in [-0.1, -0.05) is 24.3 Å². The van der Waals surface area contributed by atoms with Crippen molar-refractivity contribution in [2.75, 3.05) is 6.54 Å². The number of alkyl halides is 2. The average Bonchev–Trinajstić information content (AvgIpc) is 2.17. The van der Waals surface area contributed by atoms with Crippen LogP contribution in [0.15, 0.2) is 24.3 Å². The molecule has 0 amide bonds. The number of hydrogen-bond donors (Lipinski definition) is 1. The van der Waals surface area contributed by atoms with Crippen molar-refractivity contribution in [3.8, 4) is 0 Å². The molecule has 3 heteroatoms. The van der Waals surface area contributed by atoms with Crippen molar-refractivity contribution in [3.63, 3.8) is 0 Å². The maximum atomic E-state index is 12.0. The first-order valence-electron chi connectivity index (χ1n) is 5.74. The third-order valence-electron chi connectivity index (χ3n) is 3.33. The monoisotopic (exact) mass is 225 g/mol. The molecule has 0 aromatic heterocycles. The van der Waals surface area contributed by atoms with Crippen LogP contribution >= 0.6 is 0 Å². The van der Waals surface area contributed by atoms with E-state index in [1.807, 2.05) is 12.1 Å². The van der Waals surface area contributed by atoms with Crippen molar-refractivity contribution in [1.29, 1.82) is 0 Å². The van der Waals surface area contributed by atoms with E-state index in [1.54, 1.807) is 0 Å². The Morgan fingerprint density at radius 1 is 1.31 bits per heavy atom. The number of rotatable bonds is 4. The molecule has 1 N–H and O–H groups in total. The SMILES string of the molecule is Cc1ccccc1C1CC(NCC(F)F)C1. The Balaban J connectivity index is 1.82. The molecule has 16 heavy (non-hydrogen) atoms. The van der Waals surface area contributed by atoms with Crippen molar-refractivity contribution in [3.05, 3.63) is 35.4 Å². The van der Waals surface area contributed by atoms with Gasteiger partial charge in [0.05, 0.1) is 6.54 Å². The van der Waals surface area contributed by atoms with Gasteiger partial charge in [-0.2, -0.15) is 0 Å². The summed E-state index contributed by atoms with van der Waals surface area (Å²) in [5.41, 5.74) is 2.68. The van der Waals surface area contributed by atoms with Crippen LogP contribution in [0, 0.1) is 6.92 Å². The van der Waals surface area contributed by atoms with Crippen molar-refractivity contribution < 1.29 is 8.78 Å². The first-order valence-corrected chi connectivity index (χ1v) is 5.74. The summed E-state index contributed by atoms with van der Waals surface area (Å²) in [7, 11) is 0. The van der Waals surface area contributed by atoms with Crippen molar-refractivity contribution in [2.24, 2.45) is 0 Å². The highest BCUT2D eigenvalue weighted by molar-refractivity contribution is 5.31. The van der Waals surface area contributed by atoms with Crippen LogP contribution < -0.4 is 5.32 Å². The lowest BCUT2D eigenvalue weighted by Crippen LogP contribution is -2.42. The number of nitrogens with one attached hydrogen (secondary N) is 1. The molecule has 1 aromatic carbocycles. The number of aryl methyl sites for hydroxylation is 1. The highest BCUT2D eigenvalue weighted by Crippen LogP contribution is 2.38. The molecule has 0 spiro atoms. The minimum absolute atomic E-state index is 0.175. The second-order valence-electron chi connectivity index (χ2n) is 4.52. The molecule has 2 rings (SSSR count). The van der Waals surface area contributed by atoms with Gasteiger partial charge < -0.3 is 5.32 Å². The van der Waals surface area contributed by atoms with Gasteiger partial charge in [0, 0.05) is 6.04 Å². The summed E-state index contributed by atoms with van der Waals surface area (Å²) in [5.74, 6) is 0.552. The molecule has 1 aliphatic rings. The van der Waals surface area contributed by atoms with E-state index in [0.717, 1.165) is 12.8 Å². The Kier molecular flexibility index (Phi) is 3.54. The zero-order valence-electron chi connectivity index (χ0n) is 9.42. The molecule has 1 aromatic rings. The predicted octanol–water partition coefficient (Wildman–Crippen LogP) is 3.10. The fraction of sp³-hybridized carbons (Fsp3) is 0.538. The second kappa shape index (κ2) is 4.91. The molecular formula is C13H17F2N. The van der Waals surface area contributed by atoms with Crippen LogP contribution in [0.1, 0.15) is 29.9 Å². The number of benzene rings is 1. The summed E-state index contributed by atoms with van der Waals surface area (Å²) in [4.78, 5) is 0. The molecule has 0 atom stereocenters. The van der Waals surface area contributed by atoms with Crippen LogP contribution in [0.2, 0.25) is 0 Å². The molecule has 0 aliphatic heterocycles. The van der Waals surface area contributed by atoms with Crippen LogP contribution in [0.3, 0.4) is 0 Å². The lowest BCUT2D eigenvalue weighted by molar-refractivity contribution is 0.131. The molecule has 0 saturated heterocycles. The molecule has 0 heterocycles. The minimum Gasteiger partial charge on any atom is -0.309 e. The Labute approximate surface area is 94.9 Å². The van der Waals surface area contributed by atoms with Crippen molar-refractivity contribution >= 4 is 0 Å². The van der Waals surface area contributed by atoms with Crippen LogP contribution in [0.5, 0.6) is 0 Å². The normalized spacial score (nSPS) is 24.5. The summed E-state index contributed by atoms with van der Waals surface area (Å²) in [6.45, 7) is 1.93. The van der Waals surface area contributed by atoms with E-state index >= 15 is 0 Å². The lowest BCUT2D eigenvalue weighted by Gasteiger charge is -2.37. The van der Waals surface area contributed by atoms with Crippen LogP contribution in [-0.4, -0.2) is 19.0 Å². The van der Waals surface area contributed by atoms with Crippen LogP contribution in [-0.2, 0) is 0 Å². The summed E-state index contributed by atoms with van der Waals surface area (Å²) < 4.78 is 24.0. The van der Waals surface area contributed by atoms with E-state index in [2.05, 4.69) is 24.4 Å². The molecule has 1 nitrogen and oxygen atoms in total. The quantitative estimate of drug-likeness (QED) is 0.830. The summed E-state index contributed by atoms with van der Waals surface area (Å²) in [6, 6.07) is 8.60. The van der Waals surface area contributed by atoms with Gasteiger partial charge in [0.15, 0.2) is 0 Å². The summed E-state index contributed by atoms with van der Waals surface area (Å²) >= 11 is 0. The molecule has 0 bridgehead atoms. The fourth-order valence-corrected chi connectivity index (χ4v) is 2.34. The predicted molar refractivity (Wildman–Crippen MR) is 60.9 cm³/mol. The smallest absolute Gasteiger partial charge is 0.250 e. The van der Waals surface area contributed by atoms with Crippen LogP contribution in [0.4, 0.5) is 8.78 Å². The summed E-state index contributed by atoms with van der Waals surface area (Å²) in [5, 5.41) is 2.89. The molecule has 88 valence electrons. The van der Waals surface area contributed by atoms with E-state index in [-0.39, 0.29) is 12.6 Å². The Bertz CT molecular complexity index is 346. The largest absolute Gasteiger partial charge is 0.309 e. The molecule has 1 saturated carbocycles. The lowest BCUT2D eigenvalue weighted by atomic mass is 9.74. The van der Waals surface area contributed by atoms with Gasteiger partial charge in [0.25, 0.3) is 6.43 Å². The van der Waals surface area contributed by atoms with Gasteiger partial charge >= 0.3 is 0 Å². The topological polar surface area (TPSA) is 12.0 Å². The Morgan fingerprint density at radius 3 is 2.62 bits per heavy atom. The Morgan fingerprint density at radius 2 is 2.00 bits per heavy atom. The van der Waals surface area contributed by atoms with Crippen molar-refractivity contribution in [2.45, 2.75) is 38.2 Å². The van der Waals surface area contributed by atoms with E-state index in [0.29, 0.717) is 5.92 Å². The molecular weight excluding hydrogens is 208 g/mol. The minimum atomic E-state index is -2.24. The molecule has 0 unspecified atom stereocenters. The maximum absolute atomic E-state index is 12.0. The van der Waals surface area contributed by atoms with Gasteiger partial charge in [-0.3, -0.25) is 0 Å². The van der Waals surface area contributed by atoms with Crippen LogP contribution in [0.25, 0.3) is 0 Å². The van der Waals surface area contributed by atoms with Crippen molar-refractivity contribution in [1.82, 2.24) is 5.32 Å². The number of halogens is 2. The van der Waals surface area contributed by atoms with E-state index in [9.17, 15) is 8.78 Å². The highest BCUT2D eigenvalue weighted by atomic mass is 19.3. The van der Waals surface area contributed by atoms with E-state index in [1.165, 1.54) is 11.1 Å². The van der Waals surface area contributed by atoms with Gasteiger partial charge in [-0.05, 0) is 36.8 Å². The molecule has 0 radical (unpaired) electrons. The highest BCUT2D eigenvalue weighted by Gasteiger charge is 2.30. The standard InChI is InChI=1S/C13H17F2N/c1-9-4-2-3-5-12(9)10-6-11(7-10)16-8-13(14)15/h2-5,10-11,13,16H,6-8H2,1H3. The summed E-state index contributed by atoms with van der Waals surface area (Å²) in [6.07, 6.45) is -0.271. The third kappa shape index (κ3) is 2.59. The van der Waals surface area contributed by atoms with Gasteiger partial charge in [-0.15, -0.1) is 0 Å². The van der Waals surface area contributed by atoms with Gasteiger partial charge in [0.2, 0.25) is 0 Å². The second-order valence-corrected chi connectivity index (χ2v) is 4.52. The third-order valence-corrected chi connectivity index (χ3v) is 3.33. The zero-order valence-corrected chi connectivity index (χ0v) is 9.42. The Hall–Kier alpha value is -0.960. The average molecular weight is 225 g/mol.